The van der Waals surface area contributed by atoms with Crippen LogP contribution >= 0.6 is 11.6 Å². The molecule has 2 aromatic rings. The molecule has 0 aliphatic rings. The molecule has 0 radical (unpaired) electrons. The summed E-state index contributed by atoms with van der Waals surface area (Å²) >= 11 is 5.71. The molecule has 1 amide bonds. The van der Waals surface area contributed by atoms with Gasteiger partial charge in [-0.15, -0.1) is 0 Å². The lowest BCUT2D eigenvalue weighted by atomic mass is 10.4. The first-order valence-corrected chi connectivity index (χ1v) is 7.72. The van der Waals surface area contributed by atoms with Crippen LogP contribution in [0.2, 0.25) is 5.15 Å². The van der Waals surface area contributed by atoms with Crippen molar-refractivity contribution in [2.75, 3.05) is 11.8 Å². The lowest BCUT2D eigenvalue weighted by Gasteiger charge is -2.05. The summed E-state index contributed by atoms with van der Waals surface area (Å²) in [5.74, 6) is -0.370. The summed E-state index contributed by atoms with van der Waals surface area (Å²) in [4.78, 5) is 15.4. The number of halogens is 1. The molecule has 2 rings (SSSR count). The SMILES string of the molecule is CNC(=O)c1cc(S(=O)(=O)Nc2ccnc(Cl)c2)cn1C. The topological polar surface area (TPSA) is 93.1 Å². The largest absolute Gasteiger partial charge is 0.354 e. The van der Waals surface area contributed by atoms with Gasteiger partial charge in [0.05, 0.1) is 5.69 Å². The molecule has 0 aliphatic heterocycles. The van der Waals surface area contributed by atoms with E-state index in [9.17, 15) is 13.2 Å². The Kier molecular flexibility index (Phi) is 4.19. The van der Waals surface area contributed by atoms with Crippen LogP contribution < -0.4 is 10.0 Å². The number of rotatable bonds is 4. The fourth-order valence-corrected chi connectivity index (χ4v) is 3.01. The van der Waals surface area contributed by atoms with Crippen LogP contribution in [0, 0.1) is 0 Å². The van der Waals surface area contributed by atoms with Gasteiger partial charge in [-0.2, -0.15) is 0 Å². The highest BCUT2D eigenvalue weighted by molar-refractivity contribution is 7.92. The molecular weight excluding hydrogens is 316 g/mol. The van der Waals surface area contributed by atoms with Crippen molar-refractivity contribution in [2.24, 2.45) is 7.05 Å². The van der Waals surface area contributed by atoms with Gasteiger partial charge in [0, 0.05) is 26.5 Å². The number of aromatic nitrogens is 2. The van der Waals surface area contributed by atoms with Crippen molar-refractivity contribution in [1.29, 1.82) is 0 Å². The lowest BCUT2D eigenvalue weighted by Crippen LogP contribution is -2.20. The average Bonchev–Trinajstić information content (AvgIpc) is 2.80. The van der Waals surface area contributed by atoms with E-state index >= 15 is 0 Å². The second-order valence-corrected chi connectivity index (χ2v) is 6.29. The Hall–Kier alpha value is -2.06. The third-order valence-electron chi connectivity index (χ3n) is 2.73. The summed E-state index contributed by atoms with van der Waals surface area (Å²) in [7, 11) is -0.748. The van der Waals surface area contributed by atoms with Crippen molar-refractivity contribution in [1.82, 2.24) is 14.9 Å². The van der Waals surface area contributed by atoms with Gasteiger partial charge in [0.15, 0.2) is 0 Å². The van der Waals surface area contributed by atoms with Crippen molar-refractivity contribution >= 4 is 33.2 Å². The van der Waals surface area contributed by atoms with Gasteiger partial charge < -0.3 is 9.88 Å². The normalized spacial score (nSPS) is 11.2. The Balaban J connectivity index is 2.34. The van der Waals surface area contributed by atoms with Crippen LogP contribution in [-0.2, 0) is 17.1 Å². The van der Waals surface area contributed by atoms with E-state index in [-0.39, 0.29) is 21.6 Å². The molecule has 0 aliphatic carbocycles. The Morgan fingerprint density at radius 1 is 1.38 bits per heavy atom. The van der Waals surface area contributed by atoms with Gasteiger partial charge >= 0.3 is 0 Å². The molecule has 0 bridgehead atoms. The molecule has 7 nitrogen and oxygen atoms in total. The van der Waals surface area contributed by atoms with Crippen molar-refractivity contribution in [3.8, 4) is 0 Å². The molecule has 0 saturated heterocycles. The summed E-state index contributed by atoms with van der Waals surface area (Å²) < 4.78 is 28.4. The maximum Gasteiger partial charge on any atom is 0.267 e. The number of nitrogens with zero attached hydrogens (tertiary/aromatic N) is 2. The number of nitrogens with one attached hydrogen (secondary N) is 2. The second-order valence-electron chi connectivity index (χ2n) is 4.22. The number of anilines is 1. The van der Waals surface area contributed by atoms with Gasteiger partial charge in [-0.3, -0.25) is 9.52 Å². The smallest absolute Gasteiger partial charge is 0.267 e. The number of carbonyl (C=O) groups is 1. The van der Waals surface area contributed by atoms with Gasteiger partial charge in [-0.1, -0.05) is 11.6 Å². The highest BCUT2D eigenvalue weighted by atomic mass is 35.5. The first kappa shape index (κ1) is 15.3. The maximum absolute atomic E-state index is 12.3. The Labute approximate surface area is 127 Å². The van der Waals surface area contributed by atoms with Gasteiger partial charge in [0.25, 0.3) is 15.9 Å². The Morgan fingerprint density at radius 2 is 2.10 bits per heavy atom. The summed E-state index contributed by atoms with van der Waals surface area (Å²) in [5.41, 5.74) is 0.533. The highest BCUT2D eigenvalue weighted by Gasteiger charge is 2.20. The summed E-state index contributed by atoms with van der Waals surface area (Å²) in [6, 6.07) is 4.16. The quantitative estimate of drug-likeness (QED) is 0.826. The van der Waals surface area contributed by atoms with E-state index in [4.69, 9.17) is 11.6 Å². The van der Waals surface area contributed by atoms with E-state index in [2.05, 4.69) is 15.0 Å². The molecule has 0 fully saturated rings. The fourth-order valence-electron chi connectivity index (χ4n) is 1.72. The number of hydrogen-bond donors (Lipinski definition) is 2. The van der Waals surface area contributed by atoms with Crippen LogP contribution in [0.1, 0.15) is 10.5 Å². The molecular formula is C12H13ClN4O3S. The van der Waals surface area contributed by atoms with E-state index in [0.29, 0.717) is 5.69 Å². The average molecular weight is 329 g/mol. The van der Waals surface area contributed by atoms with E-state index in [1.165, 1.54) is 42.2 Å². The van der Waals surface area contributed by atoms with Crippen LogP contribution in [0.3, 0.4) is 0 Å². The highest BCUT2D eigenvalue weighted by Crippen LogP contribution is 2.19. The molecule has 0 aromatic carbocycles. The molecule has 0 saturated carbocycles. The summed E-state index contributed by atoms with van der Waals surface area (Å²) in [6.07, 6.45) is 2.75. The van der Waals surface area contributed by atoms with Crippen molar-refractivity contribution < 1.29 is 13.2 Å². The standard InChI is InChI=1S/C12H13ClN4O3S/c1-14-12(18)10-6-9(7-17(10)2)21(19,20)16-8-3-4-15-11(13)5-8/h3-7H,1-2H3,(H,14,18)(H,15,16). The third kappa shape index (κ3) is 3.34. The number of sulfonamides is 1. The first-order valence-electron chi connectivity index (χ1n) is 5.86. The minimum Gasteiger partial charge on any atom is -0.354 e. The van der Waals surface area contributed by atoms with Crippen molar-refractivity contribution in [3.63, 3.8) is 0 Å². The molecule has 21 heavy (non-hydrogen) atoms. The molecule has 2 N–H and O–H groups in total. The van der Waals surface area contributed by atoms with Gasteiger partial charge in [0.2, 0.25) is 0 Å². The van der Waals surface area contributed by atoms with E-state index in [1.807, 2.05) is 0 Å². The van der Waals surface area contributed by atoms with Crippen LogP contribution in [0.5, 0.6) is 0 Å². The van der Waals surface area contributed by atoms with Crippen LogP contribution in [-0.4, -0.2) is 30.9 Å². The maximum atomic E-state index is 12.3. The summed E-state index contributed by atoms with van der Waals surface area (Å²) in [6.45, 7) is 0. The molecule has 0 atom stereocenters. The fraction of sp³-hybridized carbons (Fsp3) is 0.167. The Bertz CT molecular complexity index is 786. The number of carbonyl (C=O) groups excluding carboxylic acids is 1. The van der Waals surface area contributed by atoms with E-state index in [1.54, 1.807) is 7.05 Å². The minimum absolute atomic E-state index is 0.0171. The molecule has 0 spiro atoms. The zero-order valence-electron chi connectivity index (χ0n) is 11.3. The van der Waals surface area contributed by atoms with Crippen LogP contribution in [0.4, 0.5) is 5.69 Å². The van der Waals surface area contributed by atoms with Crippen LogP contribution in [0.15, 0.2) is 35.5 Å². The molecule has 0 unspecified atom stereocenters. The van der Waals surface area contributed by atoms with Gasteiger partial charge in [0.1, 0.15) is 15.7 Å². The van der Waals surface area contributed by atoms with Gasteiger partial charge in [-0.05, 0) is 18.2 Å². The zero-order valence-corrected chi connectivity index (χ0v) is 12.9. The molecule has 9 heteroatoms. The van der Waals surface area contributed by atoms with Crippen LogP contribution in [0.25, 0.3) is 0 Å². The first-order chi connectivity index (χ1) is 9.83. The molecule has 112 valence electrons. The number of pyridine rings is 1. The zero-order chi connectivity index (χ0) is 15.6. The number of hydrogen-bond acceptors (Lipinski definition) is 4. The lowest BCUT2D eigenvalue weighted by molar-refractivity contribution is 0.0955. The second kappa shape index (κ2) is 5.74. The predicted molar refractivity (Wildman–Crippen MR) is 78.9 cm³/mol. The van der Waals surface area contributed by atoms with Gasteiger partial charge in [-0.25, -0.2) is 13.4 Å². The van der Waals surface area contributed by atoms with E-state index in [0.717, 1.165) is 0 Å². The number of aryl methyl sites for hydroxylation is 1. The van der Waals surface area contributed by atoms with Crippen molar-refractivity contribution in [2.45, 2.75) is 4.90 Å². The van der Waals surface area contributed by atoms with E-state index < -0.39 is 10.0 Å². The monoisotopic (exact) mass is 328 g/mol. The summed E-state index contributed by atoms with van der Waals surface area (Å²) in [5, 5.41) is 2.62. The molecule has 2 aromatic heterocycles. The number of amides is 1. The van der Waals surface area contributed by atoms with Crippen molar-refractivity contribution in [3.05, 3.63) is 41.4 Å². The molecule has 2 heterocycles. The minimum atomic E-state index is -3.81. The third-order valence-corrected chi connectivity index (χ3v) is 4.28. The Morgan fingerprint density at radius 3 is 2.71 bits per heavy atom. The predicted octanol–water partition coefficient (Wildman–Crippen LogP) is 1.23.